The number of allylic oxidation sites excluding steroid dienone is 2. The maximum atomic E-state index is 4.74. The summed E-state index contributed by atoms with van der Waals surface area (Å²) in [6.45, 7) is 1.97. The normalized spacial score (nSPS) is 16.7. The smallest absolute Gasteiger partial charge is 0.131 e. The number of hydrogen-bond donors (Lipinski definition) is 1. The Morgan fingerprint density at radius 2 is 2.09 bits per heavy atom. The summed E-state index contributed by atoms with van der Waals surface area (Å²) in [5.74, 6) is 2.48. The van der Waals surface area contributed by atoms with Gasteiger partial charge in [0.15, 0.2) is 0 Å². The van der Waals surface area contributed by atoms with E-state index in [-0.39, 0.29) is 0 Å². The Morgan fingerprint density at radius 1 is 1.18 bits per heavy atom. The zero-order valence-electron chi connectivity index (χ0n) is 12.6. The molecule has 0 spiro atoms. The lowest BCUT2D eigenvalue weighted by atomic mass is 10.0. The van der Waals surface area contributed by atoms with E-state index in [0.29, 0.717) is 5.92 Å². The van der Waals surface area contributed by atoms with Crippen LogP contribution >= 0.6 is 0 Å². The van der Waals surface area contributed by atoms with Crippen LogP contribution in [-0.2, 0) is 6.42 Å². The predicted octanol–water partition coefficient (Wildman–Crippen LogP) is 3.68. The van der Waals surface area contributed by atoms with E-state index in [0.717, 1.165) is 34.9 Å². The molecule has 4 nitrogen and oxygen atoms in total. The maximum absolute atomic E-state index is 4.74. The van der Waals surface area contributed by atoms with Gasteiger partial charge in [-0.05, 0) is 43.7 Å². The molecule has 1 saturated carbocycles. The summed E-state index contributed by atoms with van der Waals surface area (Å²) in [5.41, 5.74) is 4.62. The molecule has 1 N–H and O–H groups in total. The minimum atomic E-state index is 0.605. The van der Waals surface area contributed by atoms with Gasteiger partial charge in [0.05, 0.1) is 5.69 Å². The largest absolute Gasteiger partial charge is 0.347 e. The van der Waals surface area contributed by atoms with Crippen molar-refractivity contribution < 1.29 is 0 Å². The van der Waals surface area contributed by atoms with Crippen LogP contribution in [0.15, 0.2) is 42.9 Å². The molecule has 0 radical (unpaired) electrons. The van der Waals surface area contributed by atoms with Gasteiger partial charge in [-0.2, -0.15) is 0 Å². The Morgan fingerprint density at radius 3 is 2.82 bits per heavy atom. The lowest BCUT2D eigenvalue weighted by molar-refractivity contribution is 0.894. The summed E-state index contributed by atoms with van der Waals surface area (Å²) in [6, 6.07) is 4.09. The van der Waals surface area contributed by atoms with Crippen molar-refractivity contribution in [3.05, 3.63) is 65.5 Å². The predicted molar refractivity (Wildman–Crippen MR) is 87.5 cm³/mol. The molecule has 4 heteroatoms. The summed E-state index contributed by atoms with van der Waals surface area (Å²) in [5, 5.41) is 3.12. The monoisotopic (exact) mass is 290 g/mol. The zero-order chi connectivity index (χ0) is 14.9. The number of hydrogen-bond acceptors (Lipinski definition) is 4. The molecule has 4 rings (SSSR count). The zero-order valence-corrected chi connectivity index (χ0v) is 12.6. The van der Waals surface area contributed by atoms with Crippen LogP contribution in [0.5, 0.6) is 0 Å². The quantitative estimate of drug-likeness (QED) is 0.933. The summed E-state index contributed by atoms with van der Waals surface area (Å²) in [7, 11) is 0. The topological polar surface area (TPSA) is 50.7 Å². The van der Waals surface area contributed by atoms with Crippen LogP contribution in [0, 0.1) is 0 Å². The van der Waals surface area contributed by atoms with E-state index < -0.39 is 0 Å². The first-order valence-corrected chi connectivity index (χ1v) is 7.75. The van der Waals surface area contributed by atoms with Gasteiger partial charge in [-0.3, -0.25) is 0 Å². The van der Waals surface area contributed by atoms with Gasteiger partial charge in [-0.1, -0.05) is 12.2 Å². The second-order valence-corrected chi connectivity index (χ2v) is 5.76. The highest BCUT2D eigenvalue weighted by Crippen LogP contribution is 2.39. The molecule has 0 amide bonds. The summed E-state index contributed by atoms with van der Waals surface area (Å²) >= 11 is 0. The van der Waals surface area contributed by atoms with Crippen molar-refractivity contribution in [3.63, 3.8) is 0 Å². The van der Waals surface area contributed by atoms with Gasteiger partial charge in [0.1, 0.15) is 11.6 Å². The third-order valence-electron chi connectivity index (χ3n) is 4.09. The van der Waals surface area contributed by atoms with E-state index in [9.17, 15) is 0 Å². The van der Waals surface area contributed by atoms with Gasteiger partial charge in [-0.25, -0.2) is 15.0 Å². The third kappa shape index (κ3) is 2.41. The highest BCUT2D eigenvalue weighted by Gasteiger charge is 2.28. The molecule has 2 aliphatic carbocycles. The SMILES string of the molecule is CC=CNc1ccc(C2=CCc3nc(C4CC4)ncc32)cn1. The van der Waals surface area contributed by atoms with Gasteiger partial charge in [-0.15, -0.1) is 0 Å². The molecule has 0 aromatic carbocycles. The second kappa shape index (κ2) is 5.37. The Labute approximate surface area is 130 Å². The number of aromatic nitrogens is 3. The highest BCUT2D eigenvalue weighted by molar-refractivity contribution is 5.83. The molecule has 2 heterocycles. The maximum Gasteiger partial charge on any atom is 0.131 e. The van der Waals surface area contributed by atoms with E-state index in [1.165, 1.54) is 18.4 Å². The van der Waals surface area contributed by atoms with Gasteiger partial charge < -0.3 is 5.32 Å². The Balaban J connectivity index is 1.59. The lowest BCUT2D eigenvalue weighted by Gasteiger charge is -2.07. The third-order valence-corrected chi connectivity index (χ3v) is 4.09. The van der Waals surface area contributed by atoms with Crippen LogP contribution in [0.4, 0.5) is 5.82 Å². The van der Waals surface area contributed by atoms with Crippen LogP contribution in [0.3, 0.4) is 0 Å². The number of fused-ring (bicyclic) bond motifs is 1. The van der Waals surface area contributed by atoms with E-state index in [1.54, 1.807) is 0 Å². The standard InChI is InChI=1S/C18H18N4/c1-2-9-19-17-8-5-13(10-20-17)14-6-7-16-15(14)11-21-18(22-16)12-3-4-12/h2,5-6,8-12H,3-4,7H2,1H3,(H,19,20). The molecule has 0 aliphatic heterocycles. The molecular formula is C18H18N4. The minimum Gasteiger partial charge on any atom is -0.347 e. The highest BCUT2D eigenvalue weighted by atomic mass is 15.0. The van der Waals surface area contributed by atoms with Crippen molar-refractivity contribution >= 4 is 11.4 Å². The molecule has 0 bridgehead atoms. The fourth-order valence-electron chi connectivity index (χ4n) is 2.74. The number of anilines is 1. The summed E-state index contributed by atoms with van der Waals surface area (Å²) in [4.78, 5) is 13.7. The van der Waals surface area contributed by atoms with Crippen LogP contribution in [-0.4, -0.2) is 15.0 Å². The van der Waals surface area contributed by atoms with Crippen LogP contribution in [0.2, 0.25) is 0 Å². The van der Waals surface area contributed by atoms with E-state index in [1.807, 2.05) is 37.7 Å². The first kappa shape index (κ1) is 13.2. The van der Waals surface area contributed by atoms with Gasteiger partial charge in [0.25, 0.3) is 0 Å². The summed E-state index contributed by atoms with van der Waals surface area (Å²) < 4.78 is 0. The van der Waals surface area contributed by atoms with Crippen molar-refractivity contribution in [2.75, 3.05) is 5.32 Å². The molecule has 2 aliphatic rings. The molecular weight excluding hydrogens is 272 g/mol. The van der Waals surface area contributed by atoms with E-state index in [2.05, 4.69) is 27.4 Å². The minimum absolute atomic E-state index is 0.605. The molecule has 2 aromatic heterocycles. The van der Waals surface area contributed by atoms with Crippen molar-refractivity contribution in [1.29, 1.82) is 0 Å². The Bertz CT molecular complexity index is 755. The summed E-state index contributed by atoms with van der Waals surface area (Å²) in [6.07, 6.45) is 13.3. The lowest BCUT2D eigenvalue weighted by Crippen LogP contribution is -1.99. The average Bonchev–Trinajstić information content (AvgIpc) is 3.33. The van der Waals surface area contributed by atoms with E-state index in [4.69, 9.17) is 4.98 Å². The fourth-order valence-corrected chi connectivity index (χ4v) is 2.74. The molecule has 110 valence electrons. The molecule has 0 unspecified atom stereocenters. The Kier molecular flexibility index (Phi) is 3.22. The van der Waals surface area contributed by atoms with Gasteiger partial charge in [0, 0.05) is 35.9 Å². The van der Waals surface area contributed by atoms with Crippen molar-refractivity contribution in [2.24, 2.45) is 0 Å². The van der Waals surface area contributed by atoms with Crippen LogP contribution < -0.4 is 5.32 Å². The van der Waals surface area contributed by atoms with Gasteiger partial charge in [0.2, 0.25) is 0 Å². The first-order chi connectivity index (χ1) is 10.8. The van der Waals surface area contributed by atoms with Crippen LogP contribution in [0.25, 0.3) is 5.57 Å². The first-order valence-electron chi connectivity index (χ1n) is 7.75. The fraction of sp³-hybridized carbons (Fsp3) is 0.278. The molecule has 0 saturated heterocycles. The molecule has 1 fully saturated rings. The van der Waals surface area contributed by atoms with Gasteiger partial charge >= 0.3 is 0 Å². The molecule has 22 heavy (non-hydrogen) atoms. The van der Waals surface area contributed by atoms with Crippen molar-refractivity contribution in [1.82, 2.24) is 15.0 Å². The Hall–Kier alpha value is -2.49. The number of pyridine rings is 1. The molecule has 0 atom stereocenters. The van der Waals surface area contributed by atoms with E-state index >= 15 is 0 Å². The number of nitrogens with one attached hydrogen (secondary N) is 1. The average molecular weight is 290 g/mol. The van der Waals surface area contributed by atoms with Crippen molar-refractivity contribution in [2.45, 2.75) is 32.1 Å². The number of rotatable bonds is 4. The second-order valence-electron chi connectivity index (χ2n) is 5.76. The van der Waals surface area contributed by atoms with Crippen molar-refractivity contribution in [3.8, 4) is 0 Å². The van der Waals surface area contributed by atoms with Crippen LogP contribution in [0.1, 0.15) is 48.3 Å². The molecule has 2 aromatic rings. The number of nitrogens with zero attached hydrogens (tertiary/aromatic N) is 3.